The van der Waals surface area contributed by atoms with Crippen LogP contribution >= 0.6 is 12.6 Å². The Morgan fingerprint density at radius 2 is 2.11 bits per heavy atom. The van der Waals surface area contributed by atoms with Gasteiger partial charge in [0.1, 0.15) is 0 Å². The van der Waals surface area contributed by atoms with Crippen molar-refractivity contribution in [1.29, 1.82) is 0 Å². The molecule has 0 spiro atoms. The highest BCUT2D eigenvalue weighted by molar-refractivity contribution is 7.80. The summed E-state index contributed by atoms with van der Waals surface area (Å²) in [5, 5.41) is 9.00. The number of ether oxygens (including phenoxy) is 1. The van der Waals surface area contributed by atoms with E-state index in [0.29, 0.717) is 6.61 Å². The summed E-state index contributed by atoms with van der Waals surface area (Å²) in [7, 11) is 0. The molecule has 0 saturated heterocycles. The van der Waals surface area contributed by atoms with Crippen LogP contribution in [0.2, 0.25) is 0 Å². The van der Waals surface area contributed by atoms with Crippen LogP contribution in [0.25, 0.3) is 0 Å². The summed E-state index contributed by atoms with van der Waals surface area (Å²) in [4.78, 5) is 0. The van der Waals surface area contributed by atoms with Crippen molar-refractivity contribution in [2.24, 2.45) is 0 Å². The fraction of sp³-hybridized carbons (Fsp3) is 1.00. The molecule has 0 atom stereocenters. The molecule has 0 bridgehead atoms. The molecule has 3 heteroatoms. The Morgan fingerprint density at radius 1 is 1.56 bits per heavy atom. The smallest absolute Gasteiger partial charge is 0.159 e. The number of aliphatic hydroxyl groups is 1. The maximum atomic E-state index is 9.00. The molecule has 56 valence electrons. The van der Waals surface area contributed by atoms with Crippen molar-refractivity contribution in [3.8, 4) is 0 Å². The monoisotopic (exact) mass is 150 g/mol. The third kappa shape index (κ3) is 8.27. The second kappa shape index (κ2) is 4.14. The fourth-order valence-electron chi connectivity index (χ4n) is 0.386. The molecule has 9 heavy (non-hydrogen) atoms. The van der Waals surface area contributed by atoms with Gasteiger partial charge in [0.2, 0.25) is 0 Å². The van der Waals surface area contributed by atoms with Crippen LogP contribution in [-0.2, 0) is 4.74 Å². The van der Waals surface area contributed by atoms with Gasteiger partial charge in [-0.25, -0.2) is 0 Å². The lowest BCUT2D eigenvalue weighted by Gasteiger charge is -2.17. The van der Waals surface area contributed by atoms with E-state index in [0.717, 1.165) is 12.2 Å². The molecule has 0 saturated carbocycles. The Bertz CT molecular complexity index is 67.9. The topological polar surface area (TPSA) is 29.5 Å². The third-order valence-electron chi connectivity index (χ3n) is 0.758. The van der Waals surface area contributed by atoms with Gasteiger partial charge in [0.05, 0.1) is 6.61 Å². The molecule has 1 N–H and O–H groups in total. The summed E-state index contributed by atoms with van der Waals surface area (Å²) in [5.74, 6) is -0.182. The van der Waals surface area contributed by atoms with Gasteiger partial charge >= 0.3 is 0 Å². The van der Waals surface area contributed by atoms with Gasteiger partial charge in [-0.2, -0.15) is 12.6 Å². The first kappa shape index (κ1) is 9.27. The molecule has 0 aliphatic heterocycles. The molecular weight excluding hydrogens is 136 g/mol. The highest BCUT2D eigenvalue weighted by Gasteiger charge is 2.10. The minimum Gasteiger partial charge on any atom is -0.366 e. The van der Waals surface area contributed by atoms with E-state index in [2.05, 4.69) is 12.6 Å². The van der Waals surface area contributed by atoms with Gasteiger partial charge in [-0.1, -0.05) is 0 Å². The largest absolute Gasteiger partial charge is 0.366 e. The standard InChI is InChI=1S/C6H14O2S/c1-6(2,7)8-4-3-5-9/h7,9H,3-5H2,1-2H3. The lowest BCUT2D eigenvalue weighted by atomic mass is 10.4. The predicted molar refractivity (Wildman–Crippen MR) is 40.7 cm³/mol. The highest BCUT2D eigenvalue weighted by atomic mass is 32.1. The zero-order valence-corrected chi connectivity index (χ0v) is 6.82. The number of thiol groups is 1. The molecule has 0 aliphatic rings. The zero-order valence-electron chi connectivity index (χ0n) is 5.92. The molecule has 0 aromatic heterocycles. The Balaban J connectivity index is 3.07. The average molecular weight is 150 g/mol. The Kier molecular flexibility index (Phi) is 4.27. The van der Waals surface area contributed by atoms with Gasteiger partial charge in [-0.05, 0) is 26.0 Å². The van der Waals surface area contributed by atoms with Crippen LogP contribution in [0.3, 0.4) is 0 Å². The molecule has 0 rings (SSSR count). The highest BCUT2D eigenvalue weighted by Crippen LogP contribution is 2.03. The van der Waals surface area contributed by atoms with Gasteiger partial charge in [0, 0.05) is 0 Å². The van der Waals surface area contributed by atoms with Crippen molar-refractivity contribution in [3.05, 3.63) is 0 Å². The average Bonchev–Trinajstić information content (AvgIpc) is 1.63. The van der Waals surface area contributed by atoms with Gasteiger partial charge in [-0.3, -0.25) is 0 Å². The van der Waals surface area contributed by atoms with E-state index in [9.17, 15) is 0 Å². The summed E-state index contributed by atoms with van der Waals surface area (Å²) < 4.78 is 4.98. The molecule has 0 unspecified atom stereocenters. The molecule has 0 heterocycles. The number of rotatable bonds is 4. The van der Waals surface area contributed by atoms with Gasteiger partial charge in [0.25, 0.3) is 0 Å². The Morgan fingerprint density at radius 3 is 2.44 bits per heavy atom. The quantitative estimate of drug-likeness (QED) is 0.356. The van der Waals surface area contributed by atoms with Crippen molar-refractivity contribution < 1.29 is 9.84 Å². The second-order valence-electron chi connectivity index (χ2n) is 2.37. The Labute approximate surface area is 61.6 Å². The molecule has 0 aromatic rings. The van der Waals surface area contributed by atoms with Crippen LogP contribution in [0, 0.1) is 0 Å². The molecule has 0 fully saturated rings. The molecule has 2 nitrogen and oxygen atoms in total. The molecule has 0 amide bonds. The van der Waals surface area contributed by atoms with E-state index < -0.39 is 5.79 Å². The first-order chi connectivity index (χ1) is 4.06. The number of hydrogen-bond acceptors (Lipinski definition) is 3. The minimum atomic E-state index is -0.983. The van der Waals surface area contributed by atoms with Crippen molar-refractivity contribution in [1.82, 2.24) is 0 Å². The first-order valence-electron chi connectivity index (χ1n) is 3.03. The van der Waals surface area contributed by atoms with Crippen molar-refractivity contribution in [2.45, 2.75) is 26.1 Å². The van der Waals surface area contributed by atoms with Crippen LogP contribution < -0.4 is 0 Å². The molecule has 0 radical (unpaired) electrons. The number of hydrogen-bond donors (Lipinski definition) is 2. The SMILES string of the molecule is CC(C)(O)OCCCS. The normalized spacial score (nSPS) is 12.0. The Hall–Kier alpha value is 0.270. The van der Waals surface area contributed by atoms with Gasteiger partial charge in [0.15, 0.2) is 5.79 Å². The van der Waals surface area contributed by atoms with Crippen LogP contribution in [0.5, 0.6) is 0 Å². The van der Waals surface area contributed by atoms with E-state index in [4.69, 9.17) is 9.84 Å². The lowest BCUT2D eigenvalue weighted by Crippen LogP contribution is -2.23. The van der Waals surface area contributed by atoms with Crippen molar-refractivity contribution >= 4 is 12.6 Å². The maximum absolute atomic E-state index is 9.00. The fourth-order valence-corrected chi connectivity index (χ4v) is 0.516. The first-order valence-corrected chi connectivity index (χ1v) is 3.67. The zero-order chi connectivity index (χ0) is 7.33. The molecule has 0 aliphatic carbocycles. The summed E-state index contributed by atoms with van der Waals surface area (Å²) in [5.41, 5.74) is 0. The summed E-state index contributed by atoms with van der Waals surface area (Å²) in [6.45, 7) is 3.81. The summed E-state index contributed by atoms with van der Waals surface area (Å²) in [6, 6.07) is 0. The van der Waals surface area contributed by atoms with E-state index in [1.807, 2.05) is 0 Å². The summed E-state index contributed by atoms with van der Waals surface area (Å²) >= 11 is 3.99. The van der Waals surface area contributed by atoms with Crippen LogP contribution in [0.15, 0.2) is 0 Å². The van der Waals surface area contributed by atoms with Crippen molar-refractivity contribution in [2.75, 3.05) is 12.4 Å². The maximum Gasteiger partial charge on any atom is 0.159 e. The third-order valence-corrected chi connectivity index (χ3v) is 1.07. The van der Waals surface area contributed by atoms with E-state index in [1.54, 1.807) is 13.8 Å². The van der Waals surface area contributed by atoms with Crippen LogP contribution in [0.1, 0.15) is 20.3 Å². The molecular formula is C6H14O2S. The van der Waals surface area contributed by atoms with E-state index in [1.165, 1.54) is 0 Å². The van der Waals surface area contributed by atoms with E-state index in [-0.39, 0.29) is 0 Å². The van der Waals surface area contributed by atoms with Gasteiger partial charge < -0.3 is 9.84 Å². The van der Waals surface area contributed by atoms with Crippen molar-refractivity contribution in [3.63, 3.8) is 0 Å². The lowest BCUT2D eigenvalue weighted by molar-refractivity contribution is -0.175. The minimum absolute atomic E-state index is 0.576. The van der Waals surface area contributed by atoms with Crippen LogP contribution in [0.4, 0.5) is 0 Å². The predicted octanol–water partition coefficient (Wildman–Crippen LogP) is 1.05. The summed E-state index contributed by atoms with van der Waals surface area (Å²) in [6.07, 6.45) is 0.882. The second-order valence-corrected chi connectivity index (χ2v) is 2.82. The molecule has 0 aromatic carbocycles. The van der Waals surface area contributed by atoms with Gasteiger partial charge in [-0.15, -0.1) is 0 Å². The van der Waals surface area contributed by atoms with E-state index >= 15 is 0 Å². The van der Waals surface area contributed by atoms with Crippen LogP contribution in [-0.4, -0.2) is 23.3 Å².